The van der Waals surface area contributed by atoms with E-state index in [-0.39, 0.29) is 46.2 Å². The largest absolute Gasteiger partial charge is 0.486 e. The molecule has 2 saturated heterocycles. The standard InChI is InChI=1S/C40H50ClN3O13/c1-8-9-20-53-34-26(31(46)23-55-36(48)29-13-11-19-43(29)38(50)57-40(5,6)7)21-27(41)32(33(34)44(51)52)25-16-14-24(15-17-25)30(45)22-54-35(47)28-12-10-18-42(28)37(49)56-39(2,3)4/h14-17,21,28-29H,8-13,18-20,22-23H2,1-7H3/t28-,29-/m0/s1. The molecular weight excluding hydrogens is 766 g/mol. The topological polar surface area (TPSA) is 198 Å². The minimum absolute atomic E-state index is 0.0218. The molecule has 2 aliphatic rings. The third kappa shape index (κ3) is 11.6. The molecule has 17 heteroatoms. The number of likely N-dealkylation sites (tertiary alicyclic amines) is 2. The Bertz CT molecular complexity index is 1870. The Labute approximate surface area is 336 Å². The second kappa shape index (κ2) is 18.8. The minimum Gasteiger partial charge on any atom is -0.486 e. The van der Waals surface area contributed by atoms with Crippen LogP contribution >= 0.6 is 11.6 Å². The Balaban J connectivity index is 1.52. The number of benzene rings is 2. The summed E-state index contributed by atoms with van der Waals surface area (Å²) < 4.78 is 27.2. The summed E-state index contributed by atoms with van der Waals surface area (Å²) in [5, 5.41) is 12.5. The highest BCUT2D eigenvalue weighted by Crippen LogP contribution is 2.45. The highest BCUT2D eigenvalue weighted by molar-refractivity contribution is 6.34. The molecule has 0 unspecified atom stereocenters. The zero-order chi connectivity index (χ0) is 42.2. The highest BCUT2D eigenvalue weighted by atomic mass is 35.5. The van der Waals surface area contributed by atoms with E-state index in [0.717, 1.165) is 0 Å². The molecule has 0 saturated carbocycles. The van der Waals surface area contributed by atoms with E-state index in [1.807, 2.05) is 6.92 Å². The summed E-state index contributed by atoms with van der Waals surface area (Å²) in [5.74, 6) is -3.33. The molecule has 0 aromatic heterocycles. The summed E-state index contributed by atoms with van der Waals surface area (Å²) in [6, 6.07) is 4.93. The Hall–Kier alpha value is -5.25. The number of halogens is 1. The molecule has 2 fully saturated rings. The first-order valence-corrected chi connectivity index (χ1v) is 19.2. The van der Waals surface area contributed by atoms with Crippen molar-refractivity contribution in [2.75, 3.05) is 32.9 Å². The van der Waals surface area contributed by atoms with E-state index >= 15 is 0 Å². The number of ether oxygens (including phenoxy) is 5. The van der Waals surface area contributed by atoms with E-state index in [9.17, 15) is 38.9 Å². The molecular formula is C40H50ClN3O13. The molecule has 2 aliphatic heterocycles. The fraction of sp³-hybridized carbons (Fsp3) is 0.550. The fourth-order valence-electron chi connectivity index (χ4n) is 6.29. The van der Waals surface area contributed by atoms with Crippen molar-refractivity contribution in [3.63, 3.8) is 0 Å². The summed E-state index contributed by atoms with van der Waals surface area (Å²) in [4.78, 5) is 92.3. The van der Waals surface area contributed by atoms with Gasteiger partial charge in [-0.3, -0.25) is 29.5 Å². The molecule has 2 heterocycles. The molecule has 0 aliphatic carbocycles. The van der Waals surface area contributed by atoms with Crippen molar-refractivity contribution in [1.29, 1.82) is 0 Å². The van der Waals surface area contributed by atoms with Crippen LogP contribution in [0, 0.1) is 10.1 Å². The zero-order valence-electron chi connectivity index (χ0n) is 33.3. The lowest BCUT2D eigenvalue weighted by atomic mass is 9.97. The van der Waals surface area contributed by atoms with Gasteiger partial charge in [0.1, 0.15) is 23.3 Å². The van der Waals surface area contributed by atoms with Gasteiger partial charge in [-0.05, 0) is 85.3 Å². The number of nitro groups is 1. The molecule has 2 aromatic rings. The van der Waals surface area contributed by atoms with Crippen molar-refractivity contribution < 1.29 is 57.4 Å². The number of unbranched alkanes of at least 4 members (excludes halogenated alkanes) is 1. The number of carbonyl (C=O) groups is 6. The van der Waals surface area contributed by atoms with Crippen LogP contribution in [0.25, 0.3) is 11.1 Å². The van der Waals surface area contributed by atoms with Crippen molar-refractivity contribution >= 4 is 53.0 Å². The van der Waals surface area contributed by atoms with E-state index < -0.39 is 82.8 Å². The highest BCUT2D eigenvalue weighted by Gasteiger charge is 2.40. The van der Waals surface area contributed by atoms with Gasteiger partial charge >= 0.3 is 29.8 Å². The number of esters is 2. The quantitative estimate of drug-likeness (QED) is 0.0459. The number of hydrogen-bond acceptors (Lipinski definition) is 13. The average Bonchev–Trinajstić information content (AvgIpc) is 3.83. The van der Waals surface area contributed by atoms with Gasteiger partial charge in [-0.1, -0.05) is 49.2 Å². The number of nitro benzene ring substituents is 1. The van der Waals surface area contributed by atoms with Crippen molar-refractivity contribution in [3.05, 3.63) is 56.6 Å². The zero-order valence-corrected chi connectivity index (χ0v) is 34.1. The van der Waals surface area contributed by atoms with Crippen molar-refractivity contribution in [1.82, 2.24) is 9.80 Å². The monoisotopic (exact) mass is 815 g/mol. The molecule has 16 nitrogen and oxygen atoms in total. The summed E-state index contributed by atoms with van der Waals surface area (Å²) in [6.07, 6.45) is 1.58. The van der Waals surface area contributed by atoms with Crippen LogP contribution in [0.3, 0.4) is 0 Å². The molecule has 0 radical (unpaired) electrons. The maximum Gasteiger partial charge on any atom is 0.411 e. The van der Waals surface area contributed by atoms with Gasteiger partial charge in [-0.15, -0.1) is 0 Å². The lowest BCUT2D eigenvalue weighted by molar-refractivity contribution is -0.385. The van der Waals surface area contributed by atoms with Gasteiger partial charge < -0.3 is 23.7 Å². The maximum absolute atomic E-state index is 13.6. The van der Waals surface area contributed by atoms with E-state index in [1.54, 1.807) is 41.5 Å². The molecule has 0 spiro atoms. The second-order valence-electron chi connectivity index (χ2n) is 15.7. The third-order valence-corrected chi connectivity index (χ3v) is 9.22. The lowest BCUT2D eigenvalue weighted by Gasteiger charge is -2.27. The van der Waals surface area contributed by atoms with Gasteiger partial charge in [0.25, 0.3) is 0 Å². The van der Waals surface area contributed by atoms with E-state index in [1.165, 1.54) is 40.1 Å². The fourth-order valence-corrected chi connectivity index (χ4v) is 6.60. The normalized spacial score (nSPS) is 16.8. The summed E-state index contributed by atoms with van der Waals surface area (Å²) >= 11 is 6.64. The van der Waals surface area contributed by atoms with E-state index in [4.69, 9.17) is 35.3 Å². The van der Waals surface area contributed by atoms with E-state index in [2.05, 4.69) is 0 Å². The SMILES string of the molecule is CCCCOc1c(C(=O)COC(=O)[C@@H]2CCCN2C(=O)OC(C)(C)C)cc(Cl)c(-c2ccc(C(=O)COC(=O)[C@@H]3CCCN3C(=O)OC(C)(C)C)cc2)c1[N+](=O)[O-]. The molecule has 0 N–H and O–H groups in total. The molecule has 4 rings (SSSR count). The van der Waals surface area contributed by atoms with Crippen LogP contribution in [-0.4, -0.2) is 107 Å². The first kappa shape index (κ1) is 44.5. The Morgan fingerprint density at radius 2 is 1.30 bits per heavy atom. The predicted molar refractivity (Wildman–Crippen MR) is 206 cm³/mol. The number of hydrogen-bond donors (Lipinski definition) is 0. The molecule has 57 heavy (non-hydrogen) atoms. The minimum atomic E-state index is -0.975. The number of amides is 2. The lowest BCUT2D eigenvalue weighted by Crippen LogP contribution is -2.44. The van der Waals surface area contributed by atoms with Crippen LogP contribution < -0.4 is 4.74 Å². The van der Waals surface area contributed by atoms with Crippen molar-refractivity contribution in [3.8, 4) is 16.9 Å². The summed E-state index contributed by atoms with van der Waals surface area (Å²) in [5.41, 5.74) is -2.19. The Morgan fingerprint density at radius 3 is 1.75 bits per heavy atom. The predicted octanol–water partition coefficient (Wildman–Crippen LogP) is 7.34. The van der Waals surface area contributed by atoms with Crippen molar-refractivity contribution in [2.45, 2.75) is 110 Å². The molecule has 2 amide bonds. The van der Waals surface area contributed by atoms with Gasteiger partial charge in [-0.2, -0.15) is 0 Å². The van der Waals surface area contributed by atoms with Crippen LogP contribution in [0.5, 0.6) is 5.75 Å². The number of nitrogens with zero attached hydrogens (tertiary/aromatic N) is 3. The summed E-state index contributed by atoms with van der Waals surface area (Å²) in [7, 11) is 0. The Kier molecular flexibility index (Phi) is 14.7. The van der Waals surface area contributed by atoms with Gasteiger partial charge in [-0.25, -0.2) is 19.2 Å². The number of ketones is 2. The molecule has 310 valence electrons. The van der Waals surface area contributed by atoms with Crippen LogP contribution in [0.1, 0.15) is 108 Å². The average molecular weight is 816 g/mol. The number of rotatable bonds is 14. The maximum atomic E-state index is 13.6. The van der Waals surface area contributed by atoms with Crippen LogP contribution in [0.15, 0.2) is 30.3 Å². The molecule has 0 bridgehead atoms. The van der Waals surface area contributed by atoms with Crippen LogP contribution in [-0.2, 0) is 28.5 Å². The second-order valence-corrected chi connectivity index (χ2v) is 16.1. The van der Waals surface area contributed by atoms with Crippen molar-refractivity contribution in [2.24, 2.45) is 0 Å². The number of Topliss-reactive ketones (excluding diaryl/α,β-unsaturated/α-hetero) is 2. The van der Waals surface area contributed by atoms with E-state index in [0.29, 0.717) is 45.1 Å². The smallest absolute Gasteiger partial charge is 0.411 e. The summed E-state index contributed by atoms with van der Waals surface area (Å²) in [6.45, 7) is 11.3. The Morgan fingerprint density at radius 1 is 0.807 bits per heavy atom. The molecule has 2 aromatic carbocycles. The third-order valence-electron chi connectivity index (χ3n) is 8.93. The van der Waals surface area contributed by atoms with Gasteiger partial charge in [0.2, 0.25) is 11.5 Å². The first-order valence-electron chi connectivity index (χ1n) is 18.9. The first-order chi connectivity index (χ1) is 26.7. The van der Waals surface area contributed by atoms with Gasteiger partial charge in [0, 0.05) is 18.7 Å². The van der Waals surface area contributed by atoms with Crippen LogP contribution in [0.4, 0.5) is 15.3 Å². The number of carbonyl (C=O) groups excluding carboxylic acids is 6. The van der Waals surface area contributed by atoms with Crippen LogP contribution in [0.2, 0.25) is 5.02 Å². The van der Waals surface area contributed by atoms with Gasteiger partial charge in [0.05, 0.1) is 27.7 Å². The molecule has 2 atom stereocenters. The van der Waals surface area contributed by atoms with Gasteiger partial charge in [0.15, 0.2) is 19.0 Å².